The molecule has 1 aromatic rings. The fourth-order valence-electron chi connectivity index (χ4n) is 3.59. The number of carbonyl (C=O) groups excluding carboxylic acids is 1. The summed E-state index contributed by atoms with van der Waals surface area (Å²) < 4.78 is 13.7. The molecule has 2 unspecified atom stereocenters. The molecule has 2 fully saturated rings. The molecule has 0 radical (unpaired) electrons. The zero-order valence-electron chi connectivity index (χ0n) is 12.6. The van der Waals surface area contributed by atoms with E-state index in [1.165, 1.54) is 31.9 Å². The maximum atomic E-state index is 13.7. The molecule has 0 amide bonds. The van der Waals surface area contributed by atoms with Crippen LogP contribution in [0.25, 0.3) is 0 Å². The number of Topliss-reactive ketones (excluding diaryl/α,β-unsaturated/α-hetero) is 1. The normalized spacial score (nSPS) is 27.3. The Morgan fingerprint density at radius 2 is 2.10 bits per heavy atom. The van der Waals surface area contributed by atoms with Crippen molar-refractivity contribution in [2.75, 3.05) is 26.2 Å². The van der Waals surface area contributed by atoms with Crippen LogP contribution in [-0.4, -0.2) is 53.8 Å². The van der Waals surface area contributed by atoms with Gasteiger partial charge in [-0.25, -0.2) is 4.39 Å². The van der Waals surface area contributed by atoms with Crippen LogP contribution in [0.4, 0.5) is 4.39 Å². The van der Waals surface area contributed by atoms with E-state index in [1.54, 1.807) is 18.2 Å². The predicted octanol–water partition coefficient (Wildman–Crippen LogP) is 2.57. The number of piperidine rings is 1. The Bertz CT molecular complexity index is 519. The van der Waals surface area contributed by atoms with Gasteiger partial charge in [0.05, 0.1) is 12.1 Å². The molecule has 1 aromatic carbocycles. The lowest BCUT2D eigenvalue weighted by atomic mass is 9.96. The summed E-state index contributed by atoms with van der Waals surface area (Å²) >= 11 is 0. The van der Waals surface area contributed by atoms with E-state index in [2.05, 4.69) is 16.7 Å². The molecule has 114 valence electrons. The van der Waals surface area contributed by atoms with Crippen molar-refractivity contribution in [1.82, 2.24) is 9.80 Å². The number of benzene rings is 1. The van der Waals surface area contributed by atoms with Crippen LogP contribution in [0.3, 0.4) is 0 Å². The van der Waals surface area contributed by atoms with Crippen molar-refractivity contribution in [3.63, 3.8) is 0 Å². The highest BCUT2D eigenvalue weighted by atomic mass is 19.1. The summed E-state index contributed by atoms with van der Waals surface area (Å²) in [6.45, 7) is 5.63. The molecule has 3 nitrogen and oxygen atoms in total. The smallest absolute Gasteiger partial charge is 0.179 e. The van der Waals surface area contributed by atoms with Crippen molar-refractivity contribution >= 4 is 5.78 Å². The number of carbonyl (C=O) groups is 1. The quantitative estimate of drug-likeness (QED) is 0.799. The van der Waals surface area contributed by atoms with Gasteiger partial charge >= 0.3 is 0 Å². The summed E-state index contributed by atoms with van der Waals surface area (Å²) in [6.07, 6.45) is 3.79. The van der Waals surface area contributed by atoms with E-state index in [0.717, 1.165) is 13.1 Å². The SMILES string of the molecule is CC1CN2CCCCC2CN1CC(=O)c1ccccc1F. The van der Waals surface area contributed by atoms with E-state index in [9.17, 15) is 9.18 Å². The number of fused-ring (bicyclic) bond motifs is 1. The van der Waals surface area contributed by atoms with Crippen LogP contribution in [0.15, 0.2) is 24.3 Å². The molecule has 0 spiro atoms. The molecule has 2 aliphatic heterocycles. The fourth-order valence-corrected chi connectivity index (χ4v) is 3.59. The van der Waals surface area contributed by atoms with Crippen molar-refractivity contribution in [2.24, 2.45) is 0 Å². The first kappa shape index (κ1) is 14.7. The standard InChI is InChI=1S/C17H23FN2O/c1-13-10-19-9-5-4-6-14(19)11-20(13)12-17(21)15-7-2-3-8-16(15)18/h2-3,7-8,13-14H,4-6,9-12H2,1H3. The molecule has 0 bridgehead atoms. The van der Waals surface area contributed by atoms with Crippen LogP contribution in [-0.2, 0) is 0 Å². The summed E-state index contributed by atoms with van der Waals surface area (Å²) in [5.41, 5.74) is 0.218. The van der Waals surface area contributed by atoms with Crippen LogP contribution >= 0.6 is 0 Å². The third-order valence-electron chi connectivity index (χ3n) is 4.84. The first-order chi connectivity index (χ1) is 10.1. The van der Waals surface area contributed by atoms with Crippen molar-refractivity contribution in [2.45, 2.75) is 38.3 Å². The molecular weight excluding hydrogens is 267 g/mol. The van der Waals surface area contributed by atoms with Crippen LogP contribution in [0.5, 0.6) is 0 Å². The molecule has 21 heavy (non-hydrogen) atoms. The van der Waals surface area contributed by atoms with E-state index < -0.39 is 5.82 Å². The maximum Gasteiger partial charge on any atom is 0.179 e. The minimum Gasteiger partial charge on any atom is -0.298 e. The molecule has 3 rings (SSSR count). The number of ketones is 1. The van der Waals surface area contributed by atoms with Gasteiger partial charge in [0.2, 0.25) is 0 Å². The van der Waals surface area contributed by atoms with Gasteiger partial charge in [-0.1, -0.05) is 18.6 Å². The summed E-state index contributed by atoms with van der Waals surface area (Å²) in [7, 11) is 0. The maximum absolute atomic E-state index is 13.7. The molecule has 2 heterocycles. The Labute approximate surface area is 125 Å². The van der Waals surface area contributed by atoms with Crippen molar-refractivity contribution in [3.8, 4) is 0 Å². The third-order valence-corrected chi connectivity index (χ3v) is 4.84. The zero-order chi connectivity index (χ0) is 14.8. The van der Waals surface area contributed by atoms with E-state index in [-0.39, 0.29) is 11.3 Å². The van der Waals surface area contributed by atoms with Gasteiger partial charge in [0, 0.05) is 25.2 Å². The first-order valence-corrected chi connectivity index (χ1v) is 7.91. The Balaban J connectivity index is 1.67. The average Bonchev–Trinajstić information content (AvgIpc) is 2.48. The van der Waals surface area contributed by atoms with Gasteiger partial charge in [0.15, 0.2) is 5.78 Å². The van der Waals surface area contributed by atoms with Gasteiger partial charge in [-0.2, -0.15) is 0 Å². The minimum atomic E-state index is -0.411. The fraction of sp³-hybridized carbons (Fsp3) is 0.588. The number of hydrogen-bond acceptors (Lipinski definition) is 3. The number of halogens is 1. The van der Waals surface area contributed by atoms with Gasteiger partial charge in [-0.15, -0.1) is 0 Å². The van der Waals surface area contributed by atoms with E-state index >= 15 is 0 Å². The molecular formula is C17H23FN2O. The summed E-state index contributed by atoms with van der Waals surface area (Å²) in [5.74, 6) is -0.518. The third kappa shape index (κ3) is 3.16. The molecule has 0 aliphatic carbocycles. The van der Waals surface area contributed by atoms with E-state index in [4.69, 9.17) is 0 Å². The van der Waals surface area contributed by atoms with Gasteiger partial charge in [-0.05, 0) is 38.4 Å². The molecule has 2 atom stereocenters. The van der Waals surface area contributed by atoms with Crippen LogP contribution in [0, 0.1) is 5.82 Å². The highest BCUT2D eigenvalue weighted by Gasteiger charge is 2.33. The molecule has 4 heteroatoms. The topological polar surface area (TPSA) is 23.6 Å². The summed E-state index contributed by atoms with van der Waals surface area (Å²) in [5, 5.41) is 0. The second-order valence-corrected chi connectivity index (χ2v) is 6.33. The molecule has 0 saturated carbocycles. The lowest BCUT2D eigenvalue weighted by Crippen LogP contribution is -2.59. The van der Waals surface area contributed by atoms with E-state index in [0.29, 0.717) is 18.6 Å². The number of piperazine rings is 1. The minimum absolute atomic E-state index is 0.107. The Morgan fingerprint density at radius 1 is 1.29 bits per heavy atom. The predicted molar refractivity (Wildman–Crippen MR) is 81.0 cm³/mol. The van der Waals surface area contributed by atoms with E-state index in [1.807, 2.05) is 0 Å². The lowest BCUT2D eigenvalue weighted by molar-refractivity contribution is 0.0166. The molecule has 0 N–H and O–H groups in total. The second kappa shape index (κ2) is 6.24. The van der Waals surface area contributed by atoms with Gasteiger partial charge in [0.1, 0.15) is 5.82 Å². The Hall–Kier alpha value is -1.26. The molecule has 0 aromatic heterocycles. The van der Waals surface area contributed by atoms with Crippen LogP contribution in [0.2, 0.25) is 0 Å². The van der Waals surface area contributed by atoms with Crippen molar-refractivity contribution in [3.05, 3.63) is 35.6 Å². The molecule has 2 aliphatic rings. The first-order valence-electron chi connectivity index (χ1n) is 7.91. The Morgan fingerprint density at radius 3 is 2.90 bits per heavy atom. The average molecular weight is 290 g/mol. The number of rotatable bonds is 3. The van der Waals surface area contributed by atoms with Crippen LogP contribution in [0.1, 0.15) is 36.5 Å². The monoisotopic (exact) mass is 290 g/mol. The van der Waals surface area contributed by atoms with Crippen molar-refractivity contribution < 1.29 is 9.18 Å². The second-order valence-electron chi connectivity index (χ2n) is 6.33. The van der Waals surface area contributed by atoms with Gasteiger partial charge in [0.25, 0.3) is 0 Å². The summed E-state index contributed by atoms with van der Waals surface area (Å²) in [4.78, 5) is 17.1. The zero-order valence-corrected chi connectivity index (χ0v) is 12.6. The van der Waals surface area contributed by atoms with Crippen molar-refractivity contribution in [1.29, 1.82) is 0 Å². The highest BCUT2D eigenvalue weighted by Crippen LogP contribution is 2.24. The van der Waals surface area contributed by atoms with Gasteiger partial charge in [-0.3, -0.25) is 14.6 Å². The van der Waals surface area contributed by atoms with Gasteiger partial charge < -0.3 is 0 Å². The number of hydrogen-bond donors (Lipinski definition) is 0. The summed E-state index contributed by atoms with van der Waals surface area (Å²) in [6, 6.07) is 7.21. The highest BCUT2D eigenvalue weighted by molar-refractivity contribution is 5.97. The lowest BCUT2D eigenvalue weighted by Gasteiger charge is -2.47. The number of nitrogens with zero attached hydrogens (tertiary/aromatic N) is 2. The van der Waals surface area contributed by atoms with Crippen LogP contribution < -0.4 is 0 Å². The largest absolute Gasteiger partial charge is 0.298 e. The Kier molecular flexibility index (Phi) is 4.36. The molecule has 2 saturated heterocycles.